The normalized spacial score (nSPS) is 11.4. The molecule has 0 bridgehead atoms. The second kappa shape index (κ2) is 5.42. The summed E-state index contributed by atoms with van der Waals surface area (Å²) < 4.78 is 38.0. The molecule has 2 aromatic rings. The van der Waals surface area contributed by atoms with Crippen LogP contribution in [0.2, 0.25) is 10.0 Å². The van der Waals surface area contributed by atoms with E-state index in [0.29, 0.717) is 16.8 Å². The van der Waals surface area contributed by atoms with Gasteiger partial charge in [0.1, 0.15) is 0 Å². The molecule has 0 amide bonds. The highest BCUT2D eigenvalue weighted by Gasteiger charge is 2.34. The number of alkyl halides is 3. The lowest BCUT2D eigenvalue weighted by Crippen LogP contribution is -2.10. The van der Waals surface area contributed by atoms with E-state index in [1.165, 1.54) is 18.2 Å². The zero-order chi connectivity index (χ0) is 14.9. The minimum atomic E-state index is -4.63. The Kier molecular flexibility index (Phi) is 4.01. The first-order valence-corrected chi connectivity index (χ1v) is 6.06. The largest absolute Gasteiger partial charge is 0.418 e. The van der Waals surface area contributed by atoms with Crippen LogP contribution in [0.4, 0.5) is 13.2 Å². The summed E-state index contributed by atoms with van der Waals surface area (Å²) in [5, 5.41) is 0.628. The highest BCUT2D eigenvalue weighted by atomic mass is 35.5. The number of pyridine rings is 1. The Labute approximate surface area is 122 Å². The Hall–Kier alpha value is -1.59. The Balaban J connectivity index is 2.57. The van der Waals surface area contributed by atoms with Crippen molar-refractivity contribution in [2.24, 2.45) is 0 Å². The van der Waals surface area contributed by atoms with Crippen LogP contribution in [0.5, 0.6) is 0 Å². The molecule has 1 heterocycles. The Morgan fingerprint density at radius 3 is 2.40 bits per heavy atom. The third kappa shape index (κ3) is 2.94. The third-order valence-electron chi connectivity index (χ3n) is 2.58. The van der Waals surface area contributed by atoms with E-state index >= 15 is 0 Å². The SMILES string of the molecule is O=Cc1cc(-c2ccc(Cl)cc2Cl)ncc1C(F)(F)F. The van der Waals surface area contributed by atoms with Gasteiger partial charge in [-0.25, -0.2) is 0 Å². The van der Waals surface area contributed by atoms with E-state index in [-0.39, 0.29) is 17.0 Å². The van der Waals surface area contributed by atoms with Crippen LogP contribution in [0.1, 0.15) is 15.9 Å². The first-order chi connectivity index (χ1) is 9.32. The minimum absolute atomic E-state index is 0.137. The molecule has 0 aliphatic rings. The number of nitrogens with zero attached hydrogens (tertiary/aromatic N) is 1. The van der Waals surface area contributed by atoms with E-state index in [0.717, 1.165) is 6.07 Å². The van der Waals surface area contributed by atoms with E-state index in [1.54, 1.807) is 0 Å². The molecule has 7 heteroatoms. The van der Waals surface area contributed by atoms with Gasteiger partial charge in [-0.2, -0.15) is 13.2 Å². The molecule has 20 heavy (non-hydrogen) atoms. The van der Waals surface area contributed by atoms with Crippen molar-refractivity contribution in [2.75, 3.05) is 0 Å². The molecule has 0 aliphatic heterocycles. The van der Waals surface area contributed by atoms with Crippen LogP contribution in [-0.2, 0) is 6.18 Å². The van der Waals surface area contributed by atoms with Gasteiger partial charge in [-0.1, -0.05) is 23.2 Å². The molecule has 104 valence electrons. The first-order valence-electron chi connectivity index (χ1n) is 5.31. The van der Waals surface area contributed by atoms with Crippen molar-refractivity contribution in [1.29, 1.82) is 0 Å². The number of aldehydes is 1. The van der Waals surface area contributed by atoms with Gasteiger partial charge in [-0.15, -0.1) is 0 Å². The van der Waals surface area contributed by atoms with Gasteiger partial charge in [0, 0.05) is 22.3 Å². The van der Waals surface area contributed by atoms with E-state index in [9.17, 15) is 18.0 Å². The zero-order valence-corrected chi connectivity index (χ0v) is 11.2. The molecule has 0 N–H and O–H groups in total. The van der Waals surface area contributed by atoms with Crippen molar-refractivity contribution in [1.82, 2.24) is 4.98 Å². The van der Waals surface area contributed by atoms with Gasteiger partial charge in [-0.05, 0) is 24.3 Å². The van der Waals surface area contributed by atoms with Crippen LogP contribution in [0.25, 0.3) is 11.3 Å². The van der Waals surface area contributed by atoms with Crippen LogP contribution in [0, 0.1) is 0 Å². The summed E-state index contributed by atoms with van der Waals surface area (Å²) in [6.45, 7) is 0. The summed E-state index contributed by atoms with van der Waals surface area (Å²) in [5.74, 6) is 0. The Morgan fingerprint density at radius 2 is 1.85 bits per heavy atom. The summed E-state index contributed by atoms with van der Waals surface area (Å²) >= 11 is 11.7. The predicted octanol–water partition coefficient (Wildman–Crippen LogP) is 4.89. The molecule has 2 rings (SSSR count). The number of hydrogen-bond donors (Lipinski definition) is 0. The van der Waals surface area contributed by atoms with Crippen LogP contribution in [0.15, 0.2) is 30.5 Å². The van der Waals surface area contributed by atoms with Crippen molar-refractivity contribution >= 4 is 29.5 Å². The number of hydrogen-bond acceptors (Lipinski definition) is 2. The lowest BCUT2D eigenvalue weighted by molar-refractivity contribution is -0.138. The average Bonchev–Trinajstić information content (AvgIpc) is 2.37. The van der Waals surface area contributed by atoms with Gasteiger partial charge in [0.05, 0.1) is 16.3 Å². The molecular formula is C13H6Cl2F3NO. The van der Waals surface area contributed by atoms with E-state index in [1.807, 2.05) is 0 Å². The second-order valence-corrected chi connectivity index (χ2v) is 4.74. The standard InChI is InChI=1S/C13H6Cl2F3NO/c14-8-1-2-9(11(15)4-8)12-3-7(6-20)10(5-19-12)13(16,17)18/h1-6H. The van der Waals surface area contributed by atoms with Gasteiger partial charge in [0.25, 0.3) is 0 Å². The molecule has 0 saturated carbocycles. The van der Waals surface area contributed by atoms with Gasteiger partial charge in [0.15, 0.2) is 6.29 Å². The highest BCUT2D eigenvalue weighted by molar-refractivity contribution is 6.36. The summed E-state index contributed by atoms with van der Waals surface area (Å²) in [4.78, 5) is 14.5. The van der Waals surface area contributed by atoms with Crippen molar-refractivity contribution in [3.8, 4) is 11.3 Å². The fourth-order valence-corrected chi connectivity index (χ4v) is 2.16. The average molecular weight is 320 g/mol. The number of aromatic nitrogens is 1. The lowest BCUT2D eigenvalue weighted by Gasteiger charge is -2.11. The topological polar surface area (TPSA) is 30.0 Å². The highest BCUT2D eigenvalue weighted by Crippen LogP contribution is 2.34. The molecule has 2 nitrogen and oxygen atoms in total. The van der Waals surface area contributed by atoms with Crippen molar-refractivity contribution in [2.45, 2.75) is 6.18 Å². The minimum Gasteiger partial charge on any atom is -0.298 e. The Morgan fingerprint density at radius 1 is 1.15 bits per heavy atom. The van der Waals surface area contributed by atoms with Crippen molar-refractivity contribution in [3.05, 3.63) is 51.6 Å². The van der Waals surface area contributed by atoms with Crippen LogP contribution in [0.3, 0.4) is 0 Å². The molecular weight excluding hydrogens is 314 g/mol. The van der Waals surface area contributed by atoms with E-state index < -0.39 is 17.3 Å². The van der Waals surface area contributed by atoms with Crippen molar-refractivity contribution < 1.29 is 18.0 Å². The first kappa shape index (κ1) is 14.8. The van der Waals surface area contributed by atoms with Crippen LogP contribution in [-0.4, -0.2) is 11.3 Å². The van der Waals surface area contributed by atoms with Gasteiger partial charge < -0.3 is 0 Å². The summed E-state index contributed by atoms with van der Waals surface area (Å²) in [7, 11) is 0. The van der Waals surface area contributed by atoms with Gasteiger partial charge in [-0.3, -0.25) is 9.78 Å². The molecule has 1 aromatic heterocycles. The molecule has 0 aliphatic carbocycles. The number of benzene rings is 1. The van der Waals surface area contributed by atoms with Crippen molar-refractivity contribution in [3.63, 3.8) is 0 Å². The molecule has 0 radical (unpaired) electrons. The maximum absolute atomic E-state index is 12.7. The molecule has 0 saturated heterocycles. The fraction of sp³-hybridized carbons (Fsp3) is 0.0769. The molecule has 0 fully saturated rings. The van der Waals surface area contributed by atoms with E-state index in [2.05, 4.69) is 4.98 Å². The number of rotatable bonds is 2. The lowest BCUT2D eigenvalue weighted by atomic mass is 10.1. The van der Waals surface area contributed by atoms with Crippen LogP contribution < -0.4 is 0 Å². The van der Waals surface area contributed by atoms with E-state index in [4.69, 9.17) is 23.2 Å². The van der Waals surface area contributed by atoms with Crippen LogP contribution >= 0.6 is 23.2 Å². The Bertz CT molecular complexity index is 671. The number of carbonyl (C=O) groups excluding carboxylic acids is 1. The quantitative estimate of drug-likeness (QED) is 0.738. The van der Waals surface area contributed by atoms with Gasteiger partial charge in [0.2, 0.25) is 0 Å². The second-order valence-electron chi connectivity index (χ2n) is 3.90. The predicted molar refractivity (Wildman–Crippen MR) is 70.1 cm³/mol. The maximum atomic E-state index is 12.7. The maximum Gasteiger partial charge on any atom is 0.418 e. The summed E-state index contributed by atoms with van der Waals surface area (Å²) in [6, 6.07) is 5.54. The summed E-state index contributed by atoms with van der Waals surface area (Å²) in [6.07, 6.45) is -3.88. The molecule has 0 spiro atoms. The summed E-state index contributed by atoms with van der Waals surface area (Å²) in [5.41, 5.74) is -1.01. The molecule has 0 atom stereocenters. The number of carbonyl (C=O) groups is 1. The zero-order valence-electron chi connectivity index (χ0n) is 9.71. The monoisotopic (exact) mass is 319 g/mol. The third-order valence-corrected chi connectivity index (χ3v) is 3.12. The molecule has 1 aromatic carbocycles. The number of halogens is 5. The fourth-order valence-electron chi connectivity index (χ4n) is 1.65. The van der Waals surface area contributed by atoms with Gasteiger partial charge >= 0.3 is 6.18 Å². The molecule has 0 unspecified atom stereocenters. The smallest absolute Gasteiger partial charge is 0.298 e.